The lowest BCUT2D eigenvalue weighted by Crippen LogP contribution is -2.35. The van der Waals surface area contributed by atoms with Crippen molar-refractivity contribution in [3.05, 3.63) is 60.0 Å². The Kier molecular flexibility index (Phi) is 7.20. The molecule has 2 aromatic carbocycles. The zero-order chi connectivity index (χ0) is 23.0. The molecule has 1 aliphatic heterocycles. The second-order valence-electron chi connectivity index (χ2n) is 7.97. The van der Waals surface area contributed by atoms with Gasteiger partial charge in [0.15, 0.2) is 0 Å². The summed E-state index contributed by atoms with van der Waals surface area (Å²) in [4.78, 5) is 21.4. The number of hydrogen-bond donors (Lipinski definition) is 0. The highest BCUT2D eigenvalue weighted by atomic mass is 16.5. The first kappa shape index (κ1) is 22.3. The van der Waals surface area contributed by atoms with Crippen LogP contribution in [-0.2, 0) is 11.2 Å². The van der Waals surface area contributed by atoms with Crippen molar-refractivity contribution in [2.24, 2.45) is 0 Å². The zero-order valence-corrected chi connectivity index (χ0v) is 18.7. The van der Waals surface area contributed by atoms with Crippen LogP contribution in [0.4, 0.5) is 5.69 Å². The molecule has 33 heavy (non-hydrogen) atoms. The lowest BCUT2D eigenvalue weighted by atomic mass is 10.2. The van der Waals surface area contributed by atoms with Crippen molar-refractivity contribution < 1.29 is 14.1 Å². The molecule has 1 aromatic heterocycles. The Bertz CT molecular complexity index is 1100. The SMILES string of the molecule is COc1ccc(-c2noc(CCCC(=O)N3CCCN(c4ccc(C#N)cc4)CC3)n2)cc1. The number of hydrogen-bond acceptors (Lipinski definition) is 7. The van der Waals surface area contributed by atoms with Gasteiger partial charge in [-0.2, -0.15) is 10.2 Å². The van der Waals surface area contributed by atoms with Gasteiger partial charge >= 0.3 is 0 Å². The number of rotatable bonds is 7. The van der Waals surface area contributed by atoms with Crippen LogP contribution in [0.5, 0.6) is 5.75 Å². The Morgan fingerprint density at radius 1 is 1.09 bits per heavy atom. The molecule has 170 valence electrons. The first-order valence-electron chi connectivity index (χ1n) is 11.2. The van der Waals surface area contributed by atoms with E-state index in [0.717, 1.165) is 43.1 Å². The number of carbonyl (C=O) groups excluding carboxylic acids is 1. The van der Waals surface area contributed by atoms with Crippen molar-refractivity contribution in [2.75, 3.05) is 38.2 Å². The molecule has 8 nitrogen and oxygen atoms in total. The highest BCUT2D eigenvalue weighted by molar-refractivity contribution is 5.76. The van der Waals surface area contributed by atoms with Crippen LogP contribution in [0.1, 0.15) is 30.7 Å². The van der Waals surface area contributed by atoms with Crippen molar-refractivity contribution in [3.63, 3.8) is 0 Å². The summed E-state index contributed by atoms with van der Waals surface area (Å²) in [7, 11) is 1.62. The molecule has 1 saturated heterocycles. The summed E-state index contributed by atoms with van der Waals surface area (Å²) in [5.74, 6) is 2.01. The maximum atomic E-state index is 12.7. The van der Waals surface area contributed by atoms with Crippen molar-refractivity contribution in [2.45, 2.75) is 25.7 Å². The van der Waals surface area contributed by atoms with E-state index in [1.807, 2.05) is 53.4 Å². The molecule has 8 heteroatoms. The van der Waals surface area contributed by atoms with Crippen LogP contribution in [-0.4, -0.2) is 54.2 Å². The number of benzene rings is 2. The number of aromatic nitrogens is 2. The fourth-order valence-corrected chi connectivity index (χ4v) is 3.93. The summed E-state index contributed by atoms with van der Waals surface area (Å²) < 4.78 is 10.5. The van der Waals surface area contributed by atoms with E-state index in [4.69, 9.17) is 14.5 Å². The zero-order valence-electron chi connectivity index (χ0n) is 18.7. The number of ether oxygens (including phenoxy) is 1. The largest absolute Gasteiger partial charge is 0.497 e. The van der Waals surface area contributed by atoms with E-state index in [0.29, 0.717) is 43.1 Å². The molecule has 0 spiro atoms. The van der Waals surface area contributed by atoms with Gasteiger partial charge in [0.25, 0.3) is 0 Å². The third kappa shape index (κ3) is 5.69. The molecule has 0 N–H and O–H groups in total. The maximum Gasteiger partial charge on any atom is 0.226 e. The van der Waals surface area contributed by atoms with Crippen molar-refractivity contribution in [1.29, 1.82) is 5.26 Å². The molecule has 1 amide bonds. The van der Waals surface area contributed by atoms with Gasteiger partial charge in [-0.3, -0.25) is 4.79 Å². The van der Waals surface area contributed by atoms with Gasteiger partial charge in [-0.05, 0) is 61.4 Å². The third-order valence-corrected chi connectivity index (χ3v) is 5.81. The lowest BCUT2D eigenvalue weighted by Gasteiger charge is -2.23. The fourth-order valence-electron chi connectivity index (χ4n) is 3.93. The Morgan fingerprint density at radius 3 is 2.61 bits per heavy atom. The topological polar surface area (TPSA) is 95.5 Å². The van der Waals surface area contributed by atoms with Gasteiger partial charge < -0.3 is 19.1 Å². The van der Waals surface area contributed by atoms with Gasteiger partial charge in [-0.15, -0.1) is 0 Å². The number of methoxy groups -OCH3 is 1. The Labute approximate surface area is 193 Å². The molecular formula is C25H27N5O3. The predicted octanol–water partition coefficient (Wildman–Crippen LogP) is 3.68. The highest BCUT2D eigenvalue weighted by Gasteiger charge is 2.19. The Morgan fingerprint density at radius 2 is 1.88 bits per heavy atom. The van der Waals surface area contributed by atoms with Gasteiger partial charge in [-0.1, -0.05) is 5.16 Å². The van der Waals surface area contributed by atoms with Crippen molar-refractivity contribution in [3.8, 4) is 23.2 Å². The average molecular weight is 446 g/mol. The maximum absolute atomic E-state index is 12.7. The molecule has 0 aliphatic carbocycles. The number of anilines is 1. The van der Waals surface area contributed by atoms with E-state index in [-0.39, 0.29) is 5.91 Å². The van der Waals surface area contributed by atoms with Crippen LogP contribution < -0.4 is 9.64 Å². The summed E-state index contributed by atoms with van der Waals surface area (Å²) in [6.07, 6.45) is 2.61. The van der Waals surface area contributed by atoms with E-state index in [9.17, 15) is 4.79 Å². The lowest BCUT2D eigenvalue weighted by molar-refractivity contribution is -0.131. The minimum absolute atomic E-state index is 0.159. The molecule has 4 rings (SSSR count). The number of nitriles is 1. The van der Waals surface area contributed by atoms with Crippen LogP contribution in [0.2, 0.25) is 0 Å². The molecule has 0 atom stereocenters. The van der Waals surface area contributed by atoms with Crippen LogP contribution in [0, 0.1) is 11.3 Å². The number of amides is 1. The normalized spacial score (nSPS) is 13.9. The molecular weight excluding hydrogens is 418 g/mol. The monoisotopic (exact) mass is 445 g/mol. The molecule has 3 aromatic rings. The summed E-state index contributed by atoms with van der Waals surface area (Å²) >= 11 is 0. The summed E-state index contributed by atoms with van der Waals surface area (Å²) in [5.41, 5.74) is 2.60. The minimum atomic E-state index is 0.159. The Hall–Kier alpha value is -3.86. The first-order valence-corrected chi connectivity index (χ1v) is 11.2. The molecule has 0 unspecified atom stereocenters. The van der Waals surface area contributed by atoms with E-state index in [1.165, 1.54) is 0 Å². The van der Waals surface area contributed by atoms with Crippen LogP contribution >= 0.6 is 0 Å². The Balaban J connectivity index is 1.24. The first-order chi connectivity index (χ1) is 16.2. The average Bonchev–Trinajstić information content (AvgIpc) is 3.19. The van der Waals surface area contributed by atoms with E-state index in [2.05, 4.69) is 21.1 Å². The predicted molar refractivity (Wildman–Crippen MR) is 124 cm³/mol. The van der Waals surface area contributed by atoms with Crippen LogP contribution in [0.15, 0.2) is 53.1 Å². The highest BCUT2D eigenvalue weighted by Crippen LogP contribution is 2.21. The van der Waals surface area contributed by atoms with Crippen LogP contribution in [0.3, 0.4) is 0 Å². The van der Waals surface area contributed by atoms with E-state index < -0.39 is 0 Å². The van der Waals surface area contributed by atoms with Gasteiger partial charge in [0.1, 0.15) is 5.75 Å². The molecule has 2 heterocycles. The third-order valence-electron chi connectivity index (χ3n) is 5.81. The van der Waals surface area contributed by atoms with Gasteiger partial charge in [0, 0.05) is 50.3 Å². The minimum Gasteiger partial charge on any atom is -0.497 e. The second-order valence-corrected chi connectivity index (χ2v) is 7.97. The number of carbonyl (C=O) groups is 1. The molecule has 1 aliphatic rings. The summed E-state index contributed by atoms with van der Waals surface area (Å²) in [6, 6.07) is 17.2. The standard InChI is InChI=1S/C25H27N5O3/c1-32-22-12-8-20(9-13-22)25-27-23(33-28-25)4-2-5-24(31)30-15-3-14-29(16-17-30)21-10-6-19(18-26)7-11-21/h6-13H,2-5,14-17H2,1H3. The summed E-state index contributed by atoms with van der Waals surface area (Å²) in [6.45, 7) is 3.13. The fraction of sp³-hybridized carbons (Fsp3) is 0.360. The van der Waals surface area contributed by atoms with Gasteiger partial charge in [0.2, 0.25) is 17.6 Å². The van der Waals surface area contributed by atoms with Crippen molar-refractivity contribution in [1.82, 2.24) is 15.0 Å². The van der Waals surface area contributed by atoms with Gasteiger partial charge in [0.05, 0.1) is 18.7 Å². The second kappa shape index (κ2) is 10.6. The van der Waals surface area contributed by atoms with E-state index in [1.54, 1.807) is 7.11 Å². The number of nitrogens with zero attached hydrogens (tertiary/aromatic N) is 5. The van der Waals surface area contributed by atoms with Crippen molar-refractivity contribution >= 4 is 11.6 Å². The molecule has 1 fully saturated rings. The quantitative estimate of drug-likeness (QED) is 0.547. The smallest absolute Gasteiger partial charge is 0.226 e. The number of aryl methyl sites for hydroxylation is 1. The van der Waals surface area contributed by atoms with Gasteiger partial charge in [-0.25, -0.2) is 0 Å². The van der Waals surface area contributed by atoms with E-state index >= 15 is 0 Å². The molecule has 0 saturated carbocycles. The summed E-state index contributed by atoms with van der Waals surface area (Å²) in [5, 5.41) is 13.0. The van der Waals surface area contributed by atoms with Crippen LogP contribution in [0.25, 0.3) is 11.4 Å². The molecule has 0 radical (unpaired) electrons. The molecule has 0 bridgehead atoms.